The van der Waals surface area contributed by atoms with E-state index < -0.39 is 58.7 Å². The van der Waals surface area contributed by atoms with Gasteiger partial charge in [-0.25, -0.2) is 8.98 Å². The summed E-state index contributed by atoms with van der Waals surface area (Å²) in [4.78, 5) is 50.8. The van der Waals surface area contributed by atoms with E-state index in [2.05, 4.69) is 4.18 Å². The number of hydrogen-bond acceptors (Lipinski definition) is 8. The van der Waals surface area contributed by atoms with Crippen molar-refractivity contribution in [3.05, 3.63) is 0 Å². The molecule has 144 valence electrons. The molecule has 0 fully saturated rings. The van der Waals surface area contributed by atoms with Gasteiger partial charge in [0, 0.05) is 0 Å². The Hall–Kier alpha value is -2.78. The quantitative estimate of drug-likeness (QED) is 0.233. The summed E-state index contributed by atoms with van der Waals surface area (Å²) in [6.45, 7) is 0. The highest BCUT2D eigenvalue weighted by Gasteiger charge is 2.48. The summed E-state index contributed by atoms with van der Waals surface area (Å²) >= 11 is 0. The molecule has 15 heteroatoms. The molecule has 0 heterocycles. The fraction of sp³-hybridized carbons (Fsp3) is 0.500. The fourth-order valence-corrected chi connectivity index (χ4v) is 1.80. The third-order valence-electron chi connectivity index (χ3n) is 2.08. The Labute approximate surface area is 139 Å². The van der Waals surface area contributed by atoms with Crippen molar-refractivity contribution in [2.75, 3.05) is 0 Å². The van der Waals surface area contributed by atoms with Crippen LogP contribution < -0.4 is 0 Å². The third kappa shape index (κ3) is 13.4. The Kier molecular flexibility index (Phi) is 9.95. The van der Waals surface area contributed by atoms with Gasteiger partial charge in [0.1, 0.15) is 0 Å². The minimum Gasteiger partial charge on any atom is -0.481 e. The van der Waals surface area contributed by atoms with E-state index in [0.29, 0.717) is 0 Å². The molecule has 6 N–H and O–H groups in total. The molecule has 0 saturated carbocycles. The lowest BCUT2D eigenvalue weighted by Crippen LogP contribution is -2.46. The number of carbonyl (C=O) groups is 5. The van der Waals surface area contributed by atoms with Gasteiger partial charge in [-0.1, -0.05) is 0 Å². The number of hydrogen-bond donors (Lipinski definition) is 6. The first-order valence-corrected chi connectivity index (χ1v) is 7.26. The van der Waals surface area contributed by atoms with E-state index in [1.807, 2.05) is 0 Å². The van der Waals surface area contributed by atoms with Crippen molar-refractivity contribution in [2.45, 2.75) is 31.3 Å². The zero-order chi connectivity index (χ0) is 20.4. The van der Waals surface area contributed by atoms with Crippen LogP contribution in [0.15, 0.2) is 0 Å². The average Bonchev–Trinajstić information content (AvgIpc) is 2.32. The SMILES string of the molecule is O=C(O)CC(CC(=O)O)(OS(=O)(=O)O)C(=O)O.O=C(O)CCC(=O)O. The molecule has 25 heavy (non-hydrogen) atoms. The Morgan fingerprint density at radius 2 is 1.04 bits per heavy atom. The Bertz CT molecular complexity index is 602. The van der Waals surface area contributed by atoms with Crippen LogP contribution in [0.1, 0.15) is 25.7 Å². The second-order valence-electron chi connectivity index (χ2n) is 4.24. The van der Waals surface area contributed by atoms with E-state index in [0.717, 1.165) is 0 Å². The summed E-state index contributed by atoms with van der Waals surface area (Å²) in [6.07, 6.45) is -3.49. The lowest BCUT2D eigenvalue weighted by atomic mass is 9.96. The molecule has 0 aromatic carbocycles. The normalized spacial score (nSPS) is 10.9. The number of carboxylic acids is 5. The summed E-state index contributed by atoms with van der Waals surface area (Å²) in [6, 6.07) is 0. The van der Waals surface area contributed by atoms with Crippen molar-refractivity contribution in [1.82, 2.24) is 0 Å². The van der Waals surface area contributed by atoms with Gasteiger partial charge in [0.2, 0.25) is 5.60 Å². The highest BCUT2D eigenvalue weighted by molar-refractivity contribution is 7.81. The summed E-state index contributed by atoms with van der Waals surface area (Å²) in [7, 11) is -5.33. The van der Waals surface area contributed by atoms with Crippen LogP contribution in [0.4, 0.5) is 0 Å². The van der Waals surface area contributed by atoms with Crippen molar-refractivity contribution in [2.24, 2.45) is 0 Å². The maximum absolute atomic E-state index is 10.7. The van der Waals surface area contributed by atoms with Crippen LogP contribution in [0, 0.1) is 0 Å². The molecule has 0 spiro atoms. The van der Waals surface area contributed by atoms with Crippen LogP contribution in [0.3, 0.4) is 0 Å². The van der Waals surface area contributed by atoms with Crippen molar-refractivity contribution in [1.29, 1.82) is 0 Å². The minimum atomic E-state index is -5.33. The number of carboxylic acid groups (broad SMARTS) is 5. The Balaban J connectivity index is 0. The zero-order valence-electron chi connectivity index (χ0n) is 12.2. The molecule has 0 aromatic rings. The molecule has 0 aliphatic rings. The standard InChI is InChI=1S/C6H8O10S.C4H6O4/c7-3(8)1-6(5(11)12,2-4(9)10)16-17(13,14)15;5-3(6)1-2-4(7)8/h1-2H2,(H,7,8)(H,9,10)(H,11,12)(H,13,14,15);1-2H2,(H,5,6)(H,7,8). The first kappa shape index (κ1) is 24.5. The molecule has 0 unspecified atom stereocenters. The van der Waals surface area contributed by atoms with Gasteiger partial charge in [-0.15, -0.1) is 0 Å². The lowest BCUT2D eigenvalue weighted by molar-refractivity contribution is -0.167. The van der Waals surface area contributed by atoms with Gasteiger partial charge in [0.15, 0.2) is 0 Å². The lowest BCUT2D eigenvalue weighted by Gasteiger charge is -2.23. The second kappa shape index (κ2) is 10.2. The van der Waals surface area contributed by atoms with E-state index in [4.69, 9.17) is 30.1 Å². The summed E-state index contributed by atoms with van der Waals surface area (Å²) in [5, 5.41) is 41.2. The van der Waals surface area contributed by atoms with E-state index >= 15 is 0 Å². The molecule has 0 atom stereocenters. The molecule has 0 rings (SSSR count). The van der Waals surface area contributed by atoms with E-state index in [-0.39, 0.29) is 12.8 Å². The van der Waals surface area contributed by atoms with Crippen molar-refractivity contribution < 1.29 is 66.7 Å². The zero-order valence-corrected chi connectivity index (χ0v) is 13.0. The molecule has 14 nitrogen and oxygen atoms in total. The Morgan fingerprint density at radius 1 is 0.720 bits per heavy atom. The maximum atomic E-state index is 10.7. The number of rotatable bonds is 10. The first-order chi connectivity index (χ1) is 11.1. The summed E-state index contributed by atoms with van der Waals surface area (Å²) in [5.74, 6) is -7.91. The summed E-state index contributed by atoms with van der Waals surface area (Å²) in [5.41, 5.74) is -3.09. The van der Waals surface area contributed by atoms with Crippen molar-refractivity contribution >= 4 is 40.2 Å². The van der Waals surface area contributed by atoms with Crippen LogP contribution in [0.25, 0.3) is 0 Å². The highest BCUT2D eigenvalue weighted by atomic mass is 32.3. The maximum Gasteiger partial charge on any atom is 0.398 e. The van der Waals surface area contributed by atoms with Crippen LogP contribution in [0.5, 0.6) is 0 Å². The molecule has 0 saturated heterocycles. The van der Waals surface area contributed by atoms with Gasteiger partial charge in [-0.2, -0.15) is 8.42 Å². The summed E-state index contributed by atoms with van der Waals surface area (Å²) < 4.78 is 32.8. The van der Waals surface area contributed by atoms with Gasteiger partial charge in [-0.3, -0.25) is 23.7 Å². The largest absolute Gasteiger partial charge is 0.481 e. The smallest absolute Gasteiger partial charge is 0.398 e. The van der Waals surface area contributed by atoms with Gasteiger partial charge in [0.25, 0.3) is 0 Å². The van der Waals surface area contributed by atoms with E-state index in [1.54, 1.807) is 0 Å². The predicted octanol–water partition coefficient (Wildman–Crippen LogP) is -1.49. The Morgan fingerprint density at radius 3 is 1.20 bits per heavy atom. The number of aliphatic carboxylic acids is 5. The van der Waals surface area contributed by atoms with Crippen LogP contribution in [-0.4, -0.2) is 74.0 Å². The van der Waals surface area contributed by atoms with Crippen molar-refractivity contribution in [3.8, 4) is 0 Å². The van der Waals surface area contributed by atoms with Crippen molar-refractivity contribution in [3.63, 3.8) is 0 Å². The monoisotopic (exact) mass is 390 g/mol. The predicted molar refractivity (Wildman–Crippen MR) is 72.0 cm³/mol. The molecule has 0 aliphatic carbocycles. The van der Waals surface area contributed by atoms with E-state index in [1.165, 1.54) is 0 Å². The van der Waals surface area contributed by atoms with Crippen LogP contribution >= 0.6 is 0 Å². The molecule has 0 bridgehead atoms. The molecule has 0 radical (unpaired) electrons. The first-order valence-electron chi connectivity index (χ1n) is 5.90. The van der Waals surface area contributed by atoms with Crippen LogP contribution in [-0.2, 0) is 38.6 Å². The van der Waals surface area contributed by atoms with Gasteiger partial charge in [0.05, 0.1) is 25.7 Å². The molecule has 0 aromatic heterocycles. The second-order valence-corrected chi connectivity index (χ2v) is 5.26. The molecule has 0 amide bonds. The minimum absolute atomic E-state index is 0.296. The average molecular weight is 390 g/mol. The van der Waals surface area contributed by atoms with Gasteiger partial charge < -0.3 is 25.5 Å². The van der Waals surface area contributed by atoms with Gasteiger partial charge in [-0.05, 0) is 0 Å². The fourth-order valence-electron chi connectivity index (χ4n) is 1.21. The molecular formula is C10H14O14S. The van der Waals surface area contributed by atoms with Crippen LogP contribution in [0.2, 0.25) is 0 Å². The van der Waals surface area contributed by atoms with E-state index in [9.17, 15) is 32.4 Å². The molecular weight excluding hydrogens is 376 g/mol. The molecule has 0 aliphatic heterocycles. The topological polar surface area (TPSA) is 250 Å². The third-order valence-corrected chi connectivity index (χ3v) is 2.61. The highest BCUT2D eigenvalue weighted by Crippen LogP contribution is 2.24. The van der Waals surface area contributed by atoms with Gasteiger partial charge >= 0.3 is 40.2 Å².